The van der Waals surface area contributed by atoms with E-state index in [2.05, 4.69) is 16.8 Å². The monoisotopic (exact) mass is 401 g/mol. The van der Waals surface area contributed by atoms with Gasteiger partial charge in [0.05, 0.1) is 6.54 Å². The molecule has 3 heterocycles. The topological polar surface area (TPSA) is 65.1 Å². The van der Waals surface area contributed by atoms with Crippen LogP contribution in [0.25, 0.3) is 11.2 Å². The van der Waals surface area contributed by atoms with E-state index in [1.807, 2.05) is 23.7 Å². The van der Waals surface area contributed by atoms with E-state index in [4.69, 9.17) is 11.6 Å². The fourth-order valence-electron chi connectivity index (χ4n) is 4.00. The van der Waals surface area contributed by atoms with Crippen LogP contribution < -0.4 is 16.1 Å². The molecular weight excluding hydrogens is 378 g/mol. The maximum atomic E-state index is 13.2. The van der Waals surface area contributed by atoms with Gasteiger partial charge in [-0.2, -0.15) is 4.98 Å². The molecule has 3 aromatic rings. The molecule has 2 aromatic heterocycles. The van der Waals surface area contributed by atoms with Crippen LogP contribution in [0.4, 0.5) is 5.95 Å². The van der Waals surface area contributed by atoms with E-state index < -0.39 is 0 Å². The van der Waals surface area contributed by atoms with Gasteiger partial charge in [-0.1, -0.05) is 30.7 Å². The molecule has 8 heteroatoms. The number of imidazole rings is 1. The summed E-state index contributed by atoms with van der Waals surface area (Å²) in [6.45, 7) is 4.24. The van der Waals surface area contributed by atoms with Gasteiger partial charge in [0.25, 0.3) is 5.56 Å². The summed E-state index contributed by atoms with van der Waals surface area (Å²) in [5.74, 6) is 1.33. The van der Waals surface area contributed by atoms with Gasteiger partial charge in [-0.15, -0.1) is 0 Å². The minimum atomic E-state index is -0.371. The van der Waals surface area contributed by atoms with Crippen LogP contribution in [0.2, 0.25) is 5.02 Å². The number of halogens is 1. The molecule has 1 aliphatic rings. The zero-order valence-electron chi connectivity index (χ0n) is 16.4. The zero-order valence-corrected chi connectivity index (χ0v) is 17.1. The van der Waals surface area contributed by atoms with Crippen LogP contribution in [-0.2, 0) is 20.6 Å². The Hall–Kier alpha value is -2.54. The van der Waals surface area contributed by atoms with Crippen LogP contribution in [0.1, 0.15) is 25.3 Å². The normalized spacial score (nSPS) is 17.4. The molecule has 0 amide bonds. The van der Waals surface area contributed by atoms with Gasteiger partial charge >= 0.3 is 5.69 Å². The highest BCUT2D eigenvalue weighted by Crippen LogP contribution is 2.24. The standard InChI is InChI=1S/C20H24ClN5O2/c1-13-5-4-10-25(11-13)19-22-17-16(23(19)2)18(27)26(20(28)24(17)3)12-14-6-8-15(21)9-7-14/h6-9,13H,4-5,10-12H2,1-3H3. The number of nitrogens with zero attached hydrogens (tertiary/aromatic N) is 5. The molecule has 0 radical (unpaired) electrons. The van der Waals surface area contributed by atoms with Crippen molar-refractivity contribution in [3.63, 3.8) is 0 Å². The summed E-state index contributed by atoms with van der Waals surface area (Å²) in [6.07, 6.45) is 2.30. The fraction of sp³-hybridized carbons (Fsp3) is 0.450. The number of aromatic nitrogens is 4. The Labute approximate surface area is 167 Å². The number of rotatable bonds is 3. The van der Waals surface area contributed by atoms with Crippen LogP contribution >= 0.6 is 11.6 Å². The Morgan fingerprint density at radius 2 is 1.86 bits per heavy atom. The Balaban J connectivity index is 1.85. The van der Waals surface area contributed by atoms with E-state index in [1.54, 1.807) is 19.2 Å². The first-order valence-corrected chi connectivity index (χ1v) is 9.90. The van der Waals surface area contributed by atoms with Crippen molar-refractivity contribution in [2.45, 2.75) is 26.3 Å². The number of benzene rings is 1. The highest BCUT2D eigenvalue weighted by molar-refractivity contribution is 6.30. The van der Waals surface area contributed by atoms with Gasteiger partial charge in [0.15, 0.2) is 11.2 Å². The largest absolute Gasteiger partial charge is 0.342 e. The number of anilines is 1. The second-order valence-electron chi connectivity index (χ2n) is 7.70. The van der Waals surface area contributed by atoms with Crippen LogP contribution in [0.3, 0.4) is 0 Å². The van der Waals surface area contributed by atoms with Gasteiger partial charge < -0.3 is 9.47 Å². The molecule has 0 spiro atoms. The van der Waals surface area contributed by atoms with Crippen molar-refractivity contribution in [2.75, 3.05) is 18.0 Å². The molecule has 1 aromatic carbocycles. The van der Waals surface area contributed by atoms with E-state index in [0.717, 1.165) is 31.0 Å². The summed E-state index contributed by atoms with van der Waals surface area (Å²) in [5, 5.41) is 0.617. The molecule has 148 valence electrons. The van der Waals surface area contributed by atoms with Crippen LogP contribution in [0.15, 0.2) is 33.9 Å². The first-order valence-electron chi connectivity index (χ1n) is 9.52. The third kappa shape index (κ3) is 3.13. The molecule has 28 heavy (non-hydrogen) atoms. The predicted molar refractivity (Wildman–Crippen MR) is 111 cm³/mol. The molecular formula is C20H24ClN5O2. The van der Waals surface area contributed by atoms with Gasteiger partial charge in [0.1, 0.15) is 0 Å². The number of piperidine rings is 1. The van der Waals surface area contributed by atoms with E-state index in [0.29, 0.717) is 22.1 Å². The summed E-state index contributed by atoms with van der Waals surface area (Å²) >= 11 is 5.94. The summed E-state index contributed by atoms with van der Waals surface area (Å²) in [7, 11) is 3.51. The van der Waals surface area contributed by atoms with Gasteiger partial charge in [-0.3, -0.25) is 13.9 Å². The van der Waals surface area contributed by atoms with Crippen molar-refractivity contribution in [3.05, 3.63) is 55.7 Å². The average molecular weight is 402 g/mol. The van der Waals surface area contributed by atoms with Crippen molar-refractivity contribution in [1.29, 1.82) is 0 Å². The first-order chi connectivity index (χ1) is 13.4. The second-order valence-corrected chi connectivity index (χ2v) is 8.13. The Bertz CT molecular complexity index is 1140. The molecule has 1 unspecified atom stereocenters. The van der Waals surface area contributed by atoms with E-state index in [-0.39, 0.29) is 17.8 Å². The number of hydrogen-bond donors (Lipinski definition) is 0. The molecule has 0 N–H and O–H groups in total. The Morgan fingerprint density at radius 1 is 1.14 bits per heavy atom. The molecule has 1 fully saturated rings. The van der Waals surface area contributed by atoms with Crippen molar-refractivity contribution in [1.82, 2.24) is 18.7 Å². The minimum Gasteiger partial charge on any atom is -0.342 e. The van der Waals surface area contributed by atoms with Crippen LogP contribution in [-0.4, -0.2) is 31.8 Å². The Morgan fingerprint density at radius 3 is 2.54 bits per heavy atom. The van der Waals surface area contributed by atoms with Crippen molar-refractivity contribution < 1.29 is 0 Å². The fourth-order valence-corrected chi connectivity index (χ4v) is 4.12. The lowest BCUT2D eigenvalue weighted by Crippen LogP contribution is -2.40. The van der Waals surface area contributed by atoms with Gasteiger partial charge in [0.2, 0.25) is 5.95 Å². The molecule has 4 rings (SSSR count). The third-order valence-electron chi connectivity index (χ3n) is 5.53. The lowest BCUT2D eigenvalue weighted by atomic mass is 10.0. The van der Waals surface area contributed by atoms with Crippen molar-refractivity contribution >= 4 is 28.7 Å². The summed E-state index contributed by atoms with van der Waals surface area (Å²) in [6, 6.07) is 7.15. The van der Waals surface area contributed by atoms with Gasteiger partial charge in [-0.05, 0) is 36.5 Å². The highest BCUT2D eigenvalue weighted by atomic mass is 35.5. The molecule has 0 bridgehead atoms. The molecule has 7 nitrogen and oxygen atoms in total. The van der Waals surface area contributed by atoms with E-state index >= 15 is 0 Å². The number of hydrogen-bond acceptors (Lipinski definition) is 4. The SMILES string of the molecule is CC1CCCN(c2nc3c(c(=O)n(Cc4ccc(Cl)cc4)c(=O)n3C)n2C)C1. The number of fused-ring (bicyclic) bond motifs is 1. The molecule has 1 aliphatic heterocycles. The maximum absolute atomic E-state index is 13.2. The highest BCUT2D eigenvalue weighted by Gasteiger charge is 2.24. The second kappa shape index (κ2) is 7.13. The molecule has 1 saturated heterocycles. The smallest absolute Gasteiger partial charge is 0.332 e. The van der Waals surface area contributed by atoms with Crippen LogP contribution in [0.5, 0.6) is 0 Å². The third-order valence-corrected chi connectivity index (χ3v) is 5.78. The molecule has 1 atom stereocenters. The van der Waals surface area contributed by atoms with Crippen molar-refractivity contribution in [3.8, 4) is 0 Å². The first kappa shape index (κ1) is 18.8. The maximum Gasteiger partial charge on any atom is 0.332 e. The van der Waals surface area contributed by atoms with Gasteiger partial charge in [0, 0.05) is 32.2 Å². The van der Waals surface area contributed by atoms with E-state index in [9.17, 15) is 9.59 Å². The quantitative estimate of drug-likeness (QED) is 0.675. The predicted octanol–water partition coefficient (Wildman–Crippen LogP) is 2.37. The van der Waals surface area contributed by atoms with Crippen LogP contribution in [0, 0.1) is 5.92 Å². The van der Waals surface area contributed by atoms with Gasteiger partial charge in [-0.25, -0.2) is 4.79 Å². The van der Waals surface area contributed by atoms with E-state index in [1.165, 1.54) is 15.6 Å². The average Bonchev–Trinajstić information content (AvgIpc) is 3.02. The molecule has 0 saturated carbocycles. The van der Waals surface area contributed by atoms with Crippen molar-refractivity contribution in [2.24, 2.45) is 20.0 Å². The summed E-state index contributed by atoms with van der Waals surface area (Å²) in [4.78, 5) is 32.9. The lowest BCUT2D eigenvalue weighted by Gasteiger charge is -2.31. The Kier molecular flexibility index (Phi) is 4.79. The summed E-state index contributed by atoms with van der Waals surface area (Å²) < 4.78 is 4.55. The molecule has 0 aliphatic carbocycles. The lowest BCUT2D eigenvalue weighted by molar-refractivity contribution is 0.440. The zero-order chi connectivity index (χ0) is 20.0. The minimum absolute atomic E-state index is 0.194. The number of aryl methyl sites for hydroxylation is 2. The summed E-state index contributed by atoms with van der Waals surface area (Å²) in [5.41, 5.74) is 1.03.